The van der Waals surface area contributed by atoms with E-state index in [-0.39, 0.29) is 11.1 Å². The number of methoxy groups -OCH3 is 2. The fraction of sp³-hybridized carbons (Fsp3) is 0.185. The Labute approximate surface area is 192 Å². The van der Waals surface area contributed by atoms with Gasteiger partial charge in [0.15, 0.2) is 0 Å². The number of fused-ring (bicyclic) bond motifs is 1. The van der Waals surface area contributed by atoms with E-state index in [9.17, 15) is 9.59 Å². The predicted molar refractivity (Wildman–Crippen MR) is 125 cm³/mol. The highest BCUT2D eigenvalue weighted by molar-refractivity contribution is 6.10. The predicted octanol–water partition coefficient (Wildman–Crippen LogP) is 5.90. The van der Waals surface area contributed by atoms with Crippen LogP contribution in [0, 0.1) is 0 Å². The summed E-state index contributed by atoms with van der Waals surface area (Å²) >= 11 is 0. The highest BCUT2D eigenvalue weighted by Gasteiger charge is 2.33. The van der Waals surface area contributed by atoms with Crippen LogP contribution in [0.5, 0.6) is 17.2 Å². The van der Waals surface area contributed by atoms with Gasteiger partial charge in [0.2, 0.25) is 0 Å². The third kappa shape index (κ3) is 4.46. The number of benzene rings is 3. The van der Waals surface area contributed by atoms with E-state index in [0.717, 1.165) is 0 Å². The fourth-order valence-corrected chi connectivity index (χ4v) is 3.67. The topological polar surface area (TPSA) is 71.1 Å². The summed E-state index contributed by atoms with van der Waals surface area (Å²) in [6.07, 6.45) is 3.78. The lowest BCUT2D eigenvalue weighted by molar-refractivity contribution is 0.0545. The zero-order chi connectivity index (χ0) is 23.6. The molecule has 0 spiro atoms. The summed E-state index contributed by atoms with van der Waals surface area (Å²) in [4.78, 5) is 25.7. The van der Waals surface area contributed by atoms with Crippen LogP contribution >= 0.6 is 0 Å². The second-order valence-corrected chi connectivity index (χ2v) is 8.05. The molecule has 168 valence electrons. The Hall–Kier alpha value is -4.06. The number of hydrogen-bond acceptors (Lipinski definition) is 6. The molecule has 1 aliphatic rings. The molecule has 0 aliphatic carbocycles. The molecule has 0 radical (unpaired) electrons. The van der Waals surface area contributed by atoms with Crippen LogP contribution in [-0.4, -0.2) is 31.8 Å². The first kappa shape index (κ1) is 22.1. The number of rotatable bonds is 5. The van der Waals surface area contributed by atoms with Crippen LogP contribution in [0.15, 0.2) is 66.7 Å². The van der Waals surface area contributed by atoms with E-state index in [1.807, 2.05) is 74.5 Å². The van der Waals surface area contributed by atoms with Crippen molar-refractivity contribution in [3.63, 3.8) is 0 Å². The minimum absolute atomic E-state index is 0.0406. The molecular formula is C27H24O6. The lowest BCUT2D eigenvalue weighted by atomic mass is 9.89. The van der Waals surface area contributed by atoms with Crippen LogP contribution in [0.3, 0.4) is 0 Å². The number of carbonyl (C=O) groups is 2. The van der Waals surface area contributed by atoms with Gasteiger partial charge in [0.1, 0.15) is 28.4 Å². The van der Waals surface area contributed by atoms with Crippen molar-refractivity contribution in [1.29, 1.82) is 0 Å². The molecule has 6 heteroatoms. The quantitative estimate of drug-likeness (QED) is 0.456. The molecule has 0 saturated carbocycles. The van der Waals surface area contributed by atoms with Gasteiger partial charge in [-0.1, -0.05) is 36.4 Å². The highest BCUT2D eigenvalue weighted by Crippen LogP contribution is 2.41. The van der Waals surface area contributed by atoms with Gasteiger partial charge in [-0.3, -0.25) is 0 Å². The maximum atomic E-state index is 12.9. The molecule has 1 aliphatic heterocycles. The van der Waals surface area contributed by atoms with Gasteiger partial charge >= 0.3 is 11.9 Å². The Bertz CT molecular complexity index is 1220. The van der Waals surface area contributed by atoms with E-state index in [1.54, 1.807) is 12.1 Å². The highest BCUT2D eigenvalue weighted by atomic mass is 16.5. The van der Waals surface area contributed by atoms with Gasteiger partial charge in [-0.15, -0.1) is 0 Å². The molecule has 0 bridgehead atoms. The molecule has 0 saturated heterocycles. The Morgan fingerprint density at radius 1 is 0.818 bits per heavy atom. The zero-order valence-electron chi connectivity index (χ0n) is 18.9. The van der Waals surface area contributed by atoms with Crippen molar-refractivity contribution in [3.8, 4) is 28.4 Å². The van der Waals surface area contributed by atoms with Crippen molar-refractivity contribution >= 4 is 18.0 Å². The average molecular weight is 444 g/mol. The van der Waals surface area contributed by atoms with Crippen LogP contribution in [-0.2, 0) is 9.47 Å². The summed E-state index contributed by atoms with van der Waals surface area (Å²) in [7, 11) is 2.54. The summed E-state index contributed by atoms with van der Waals surface area (Å²) in [5.74, 6) is 0.313. The first-order valence-corrected chi connectivity index (χ1v) is 10.4. The summed E-state index contributed by atoms with van der Waals surface area (Å²) < 4.78 is 22.0. The number of hydrogen-bond donors (Lipinski definition) is 0. The molecule has 3 aromatic rings. The van der Waals surface area contributed by atoms with Crippen molar-refractivity contribution in [2.75, 3.05) is 14.2 Å². The largest absolute Gasteiger partial charge is 0.482 e. The maximum absolute atomic E-state index is 12.9. The van der Waals surface area contributed by atoms with Crippen molar-refractivity contribution in [2.45, 2.75) is 19.4 Å². The smallest absolute Gasteiger partial charge is 0.342 e. The van der Waals surface area contributed by atoms with Gasteiger partial charge in [-0.2, -0.15) is 0 Å². The van der Waals surface area contributed by atoms with Crippen molar-refractivity contribution < 1.29 is 28.5 Å². The molecule has 4 rings (SSSR count). The molecule has 3 aromatic carbocycles. The number of esters is 2. The van der Waals surface area contributed by atoms with E-state index in [0.29, 0.717) is 33.9 Å². The standard InChI is InChI=1S/C27H24O6/c1-27(2)15-14-18-16-21(22(25(28)30-3)23(24(18)33-27)26(29)31-4)17-10-12-20(13-11-17)32-19-8-6-5-7-9-19/h5-16H,1-4H3. The molecule has 0 atom stereocenters. The lowest BCUT2D eigenvalue weighted by Gasteiger charge is -2.30. The number of para-hydroxylation sites is 1. The summed E-state index contributed by atoms with van der Waals surface area (Å²) in [5.41, 5.74) is 1.38. The monoisotopic (exact) mass is 444 g/mol. The number of carbonyl (C=O) groups excluding carboxylic acids is 2. The van der Waals surface area contributed by atoms with Gasteiger partial charge in [0.25, 0.3) is 0 Å². The number of ether oxygens (including phenoxy) is 4. The minimum Gasteiger partial charge on any atom is -0.482 e. The van der Waals surface area contributed by atoms with Gasteiger partial charge in [-0.25, -0.2) is 9.59 Å². The van der Waals surface area contributed by atoms with Gasteiger partial charge in [-0.05, 0) is 61.4 Å². The van der Waals surface area contributed by atoms with Crippen LogP contribution in [0.1, 0.15) is 40.1 Å². The summed E-state index contributed by atoms with van der Waals surface area (Å²) in [5, 5.41) is 0. The van der Waals surface area contributed by atoms with E-state index in [2.05, 4.69) is 0 Å². The molecule has 0 N–H and O–H groups in total. The van der Waals surface area contributed by atoms with E-state index < -0.39 is 17.5 Å². The Kier molecular flexibility index (Phi) is 5.92. The first-order chi connectivity index (χ1) is 15.8. The van der Waals surface area contributed by atoms with Crippen LogP contribution < -0.4 is 9.47 Å². The van der Waals surface area contributed by atoms with E-state index in [4.69, 9.17) is 18.9 Å². The first-order valence-electron chi connectivity index (χ1n) is 10.4. The Balaban J connectivity index is 1.86. The van der Waals surface area contributed by atoms with Gasteiger partial charge < -0.3 is 18.9 Å². The normalized spacial score (nSPS) is 13.5. The third-order valence-corrected chi connectivity index (χ3v) is 5.26. The van der Waals surface area contributed by atoms with Crippen LogP contribution in [0.25, 0.3) is 17.2 Å². The van der Waals surface area contributed by atoms with Crippen molar-refractivity contribution in [2.24, 2.45) is 0 Å². The zero-order valence-corrected chi connectivity index (χ0v) is 18.9. The molecule has 6 nitrogen and oxygen atoms in total. The SMILES string of the molecule is COC(=O)c1c(-c2ccc(Oc3ccccc3)cc2)cc2c(c1C(=O)OC)OC(C)(C)C=C2. The second-order valence-electron chi connectivity index (χ2n) is 8.05. The molecule has 0 unspecified atom stereocenters. The lowest BCUT2D eigenvalue weighted by Crippen LogP contribution is -2.30. The maximum Gasteiger partial charge on any atom is 0.342 e. The molecule has 0 aromatic heterocycles. The van der Waals surface area contributed by atoms with Crippen molar-refractivity contribution in [1.82, 2.24) is 0 Å². The van der Waals surface area contributed by atoms with Crippen molar-refractivity contribution in [3.05, 3.63) is 83.4 Å². The van der Waals surface area contributed by atoms with Gasteiger partial charge in [0.05, 0.1) is 19.8 Å². The second kappa shape index (κ2) is 8.82. The van der Waals surface area contributed by atoms with E-state index >= 15 is 0 Å². The third-order valence-electron chi connectivity index (χ3n) is 5.26. The molecule has 0 amide bonds. The van der Waals surface area contributed by atoms with Crippen LogP contribution in [0.2, 0.25) is 0 Å². The average Bonchev–Trinajstić information content (AvgIpc) is 2.82. The Morgan fingerprint density at radius 3 is 2.06 bits per heavy atom. The minimum atomic E-state index is -0.677. The summed E-state index contributed by atoms with van der Waals surface area (Å²) in [6, 6.07) is 18.5. The molecule has 33 heavy (non-hydrogen) atoms. The fourth-order valence-electron chi connectivity index (χ4n) is 3.67. The summed E-state index contributed by atoms with van der Waals surface area (Å²) in [6.45, 7) is 3.73. The Morgan fingerprint density at radius 2 is 1.42 bits per heavy atom. The molecule has 0 fully saturated rings. The molecule has 1 heterocycles. The van der Waals surface area contributed by atoms with E-state index in [1.165, 1.54) is 14.2 Å². The van der Waals surface area contributed by atoms with Crippen LogP contribution in [0.4, 0.5) is 0 Å². The van der Waals surface area contributed by atoms with Gasteiger partial charge in [0, 0.05) is 5.56 Å². The molecular weight excluding hydrogens is 420 g/mol.